The fourth-order valence-electron chi connectivity index (χ4n) is 1.69. The molecule has 0 unspecified atom stereocenters. The lowest BCUT2D eigenvalue weighted by atomic mass is 10.1. The van der Waals surface area contributed by atoms with E-state index in [1.807, 2.05) is 25.1 Å². The maximum atomic E-state index is 13.3. The first-order valence-electron chi connectivity index (χ1n) is 5.61. The number of benzene rings is 2. The number of rotatable bonds is 3. The van der Waals surface area contributed by atoms with Crippen molar-refractivity contribution in [1.82, 2.24) is 0 Å². The summed E-state index contributed by atoms with van der Waals surface area (Å²) in [6.45, 7) is 2.45. The Hall–Kier alpha value is -0.580. The standard InChI is InChI=1S/C14H11Br2ClFN/c1-8-4-13(18)11(16)6-14(8)19-7-9-2-3-10(15)5-12(9)17/h2-6,19H,7H2,1H3. The minimum absolute atomic E-state index is 0.260. The molecule has 0 aliphatic carbocycles. The minimum Gasteiger partial charge on any atom is -0.381 e. The van der Waals surface area contributed by atoms with E-state index in [4.69, 9.17) is 11.6 Å². The molecule has 0 amide bonds. The Bertz CT molecular complexity index is 617. The van der Waals surface area contributed by atoms with Crippen molar-refractivity contribution in [2.24, 2.45) is 0 Å². The highest BCUT2D eigenvalue weighted by Crippen LogP contribution is 2.26. The van der Waals surface area contributed by atoms with Crippen molar-refractivity contribution in [3.63, 3.8) is 0 Å². The number of anilines is 1. The number of hydrogen-bond donors (Lipinski definition) is 1. The lowest BCUT2D eigenvalue weighted by Crippen LogP contribution is -2.02. The molecule has 0 aliphatic heterocycles. The van der Waals surface area contributed by atoms with Gasteiger partial charge in [0.1, 0.15) is 5.82 Å². The summed E-state index contributed by atoms with van der Waals surface area (Å²) in [5, 5.41) is 3.96. The van der Waals surface area contributed by atoms with Crippen LogP contribution in [0.25, 0.3) is 0 Å². The van der Waals surface area contributed by atoms with Crippen LogP contribution in [-0.2, 0) is 6.54 Å². The predicted octanol–water partition coefficient (Wildman–Crippen LogP) is 5.92. The van der Waals surface area contributed by atoms with E-state index in [0.29, 0.717) is 16.0 Å². The van der Waals surface area contributed by atoms with Gasteiger partial charge in [0.2, 0.25) is 0 Å². The average molecular weight is 408 g/mol. The molecule has 100 valence electrons. The van der Waals surface area contributed by atoms with E-state index < -0.39 is 0 Å². The molecule has 0 spiro atoms. The predicted molar refractivity (Wildman–Crippen MR) is 85.3 cm³/mol. The van der Waals surface area contributed by atoms with Crippen molar-refractivity contribution >= 4 is 49.1 Å². The molecule has 1 N–H and O–H groups in total. The van der Waals surface area contributed by atoms with Gasteiger partial charge in [0.05, 0.1) is 4.47 Å². The molecule has 19 heavy (non-hydrogen) atoms. The van der Waals surface area contributed by atoms with Gasteiger partial charge < -0.3 is 5.32 Å². The average Bonchev–Trinajstić information content (AvgIpc) is 2.34. The van der Waals surface area contributed by atoms with E-state index in [2.05, 4.69) is 37.2 Å². The van der Waals surface area contributed by atoms with E-state index >= 15 is 0 Å². The molecular weight excluding hydrogens is 396 g/mol. The summed E-state index contributed by atoms with van der Waals surface area (Å²) in [7, 11) is 0. The molecule has 5 heteroatoms. The molecular formula is C14H11Br2ClFN. The van der Waals surface area contributed by atoms with Crippen molar-refractivity contribution in [3.05, 3.63) is 61.2 Å². The van der Waals surface area contributed by atoms with E-state index in [1.54, 1.807) is 6.07 Å². The van der Waals surface area contributed by atoms with Crippen LogP contribution in [0.2, 0.25) is 5.02 Å². The maximum Gasteiger partial charge on any atom is 0.137 e. The third kappa shape index (κ3) is 3.71. The number of aryl methyl sites for hydroxylation is 1. The quantitative estimate of drug-likeness (QED) is 0.665. The second-order valence-electron chi connectivity index (χ2n) is 4.17. The summed E-state index contributed by atoms with van der Waals surface area (Å²) < 4.78 is 14.7. The van der Waals surface area contributed by atoms with Gasteiger partial charge in [0.15, 0.2) is 0 Å². The summed E-state index contributed by atoms with van der Waals surface area (Å²) in [4.78, 5) is 0. The van der Waals surface area contributed by atoms with Crippen molar-refractivity contribution in [2.45, 2.75) is 13.5 Å². The molecule has 2 rings (SSSR count). The zero-order chi connectivity index (χ0) is 14.0. The molecule has 0 aromatic heterocycles. The zero-order valence-electron chi connectivity index (χ0n) is 10.1. The first-order chi connectivity index (χ1) is 8.97. The highest BCUT2D eigenvalue weighted by Gasteiger charge is 2.06. The van der Waals surface area contributed by atoms with Crippen molar-refractivity contribution in [2.75, 3.05) is 5.32 Å². The van der Waals surface area contributed by atoms with E-state index in [1.165, 1.54) is 6.07 Å². The maximum absolute atomic E-state index is 13.3. The first kappa shape index (κ1) is 14.8. The van der Waals surface area contributed by atoms with E-state index in [-0.39, 0.29) is 5.82 Å². The molecule has 2 aromatic carbocycles. The van der Waals surface area contributed by atoms with E-state index in [0.717, 1.165) is 21.3 Å². The molecule has 0 aliphatic rings. The van der Waals surface area contributed by atoms with Gasteiger partial charge in [0.25, 0.3) is 0 Å². The molecule has 0 saturated heterocycles. The second kappa shape index (κ2) is 6.25. The van der Waals surface area contributed by atoms with Crippen molar-refractivity contribution in [1.29, 1.82) is 0 Å². The van der Waals surface area contributed by atoms with Gasteiger partial charge in [0, 0.05) is 21.7 Å². The summed E-state index contributed by atoms with van der Waals surface area (Å²) in [6, 6.07) is 8.97. The van der Waals surface area contributed by atoms with Crippen LogP contribution in [0.15, 0.2) is 39.3 Å². The molecule has 0 fully saturated rings. The second-order valence-corrected chi connectivity index (χ2v) is 6.35. The largest absolute Gasteiger partial charge is 0.381 e. The van der Waals surface area contributed by atoms with Gasteiger partial charge in [-0.15, -0.1) is 0 Å². The Morgan fingerprint density at radius 1 is 1.21 bits per heavy atom. The summed E-state index contributed by atoms with van der Waals surface area (Å²) in [5.41, 5.74) is 2.73. The monoisotopic (exact) mass is 405 g/mol. The Labute approximate surface area is 133 Å². The van der Waals surface area contributed by atoms with Crippen LogP contribution in [0, 0.1) is 12.7 Å². The highest BCUT2D eigenvalue weighted by atomic mass is 79.9. The van der Waals surface area contributed by atoms with Crippen LogP contribution in [-0.4, -0.2) is 0 Å². The van der Waals surface area contributed by atoms with Gasteiger partial charge in [-0.1, -0.05) is 33.6 Å². The SMILES string of the molecule is Cc1cc(F)c(Br)cc1NCc1ccc(Br)cc1Cl. The van der Waals surface area contributed by atoms with Crippen LogP contribution in [0.1, 0.15) is 11.1 Å². The molecule has 1 nitrogen and oxygen atoms in total. The Balaban J connectivity index is 2.16. The van der Waals surface area contributed by atoms with Gasteiger partial charge in [-0.2, -0.15) is 0 Å². The molecule has 0 radical (unpaired) electrons. The van der Waals surface area contributed by atoms with Crippen LogP contribution in [0.3, 0.4) is 0 Å². The zero-order valence-corrected chi connectivity index (χ0v) is 14.0. The topological polar surface area (TPSA) is 12.0 Å². The van der Waals surface area contributed by atoms with E-state index in [9.17, 15) is 4.39 Å². The molecule has 0 saturated carbocycles. The first-order valence-corrected chi connectivity index (χ1v) is 7.57. The smallest absolute Gasteiger partial charge is 0.137 e. The molecule has 0 bridgehead atoms. The van der Waals surface area contributed by atoms with Gasteiger partial charge in [-0.3, -0.25) is 0 Å². The Morgan fingerprint density at radius 3 is 2.63 bits per heavy atom. The number of nitrogens with one attached hydrogen (secondary N) is 1. The third-order valence-corrected chi connectivity index (χ3v) is 4.20. The normalized spacial score (nSPS) is 10.6. The minimum atomic E-state index is -0.260. The van der Waals surface area contributed by atoms with Gasteiger partial charge in [-0.05, 0) is 58.2 Å². The van der Waals surface area contributed by atoms with Gasteiger partial charge in [-0.25, -0.2) is 4.39 Å². The molecule has 0 atom stereocenters. The Kier molecular flexibility index (Phi) is 4.87. The third-order valence-electron chi connectivity index (χ3n) is 2.75. The lowest BCUT2D eigenvalue weighted by molar-refractivity contribution is 0.620. The van der Waals surface area contributed by atoms with Crippen LogP contribution in [0.4, 0.5) is 10.1 Å². The van der Waals surface area contributed by atoms with Crippen molar-refractivity contribution in [3.8, 4) is 0 Å². The van der Waals surface area contributed by atoms with Crippen LogP contribution in [0.5, 0.6) is 0 Å². The summed E-state index contributed by atoms with van der Waals surface area (Å²) in [6.07, 6.45) is 0. The fraction of sp³-hybridized carbons (Fsp3) is 0.143. The fourth-order valence-corrected chi connectivity index (χ4v) is 2.78. The lowest BCUT2D eigenvalue weighted by Gasteiger charge is -2.12. The van der Waals surface area contributed by atoms with Crippen LogP contribution < -0.4 is 5.32 Å². The van der Waals surface area contributed by atoms with Crippen LogP contribution >= 0.6 is 43.5 Å². The highest BCUT2D eigenvalue weighted by molar-refractivity contribution is 9.10. The summed E-state index contributed by atoms with van der Waals surface area (Å²) in [5.74, 6) is -0.260. The number of halogens is 4. The molecule has 0 heterocycles. The molecule has 2 aromatic rings. The Morgan fingerprint density at radius 2 is 1.95 bits per heavy atom. The summed E-state index contributed by atoms with van der Waals surface area (Å²) >= 11 is 12.7. The van der Waals surface area contributed by atoms with Gasteiger partial charge >= 0.3 is 0 Å². The van der Waals surface area contributed by atoms with Crippen molar-refractivity contribution < 1.29 is 4.39 Å². The number of hydrogen-bond acceptors (Lipinski definition) is 1.